The van der Waals surface area contributed by atoms with Crippen LogP contribution < -0.4 is 5.32 Å². The summed E-state index contributed by atoms with van der Waals surface area (Å²) in [4.78, 5) is 0. The summed E-state index contributed by atoms with van der Waals surface area (Å²) in [6.45, 7) is 8.63. The normalized spacial score (nSPS) is 11.0. The molecule has 114 valence electrons. The third kappa shape index (κ3) is 3.71. The van der Waals surface area contributed by atoms with Gasteiger partial charge in [-0.25, -0.2) is 0 Å². The molecule has 2 aromatic rings. The van der Waals surface area contributed by atoms with E-state index >= 15 is 0 Å². The van der Waals surface area contributed by atoms with Crippen molar-refractivity contribution in [1.29, 1.82) is 0 Å². The van der Waals surface area contributed by atoms with Gasteiger partial charge in [0.15, 0.2) is 0 Å². The monoisotopic (exact) mass is 287 g/mol. The number of hydrogen-bond acceptors (Lipinski definition) is 3. The molecule has 0 saturated heterocycles. The van der Waals surface area contributed by atoms with E-state index in [9.17, 15) is 0 Å². The first-order valence-corrected chi connectivity index (χ1v) is 7.58. The molecule has 21 heavy (non-hydrogen) atoms. The van der Waals surface area contributed by atoms with E-state index in [4.69, 9.17) is 5.11 Å². The molecule has 0 amide bonds. The zero-order chi connectivity index (χ0) is 15.2. The van der Waals surface area contributed by atoms with E-state index in [1.165, 1.54) is 16.7 Å². The topological polar surface area (TPSA) is 50.1 Å². The summed E-state index contributed by atoms with van der Waals surface area (Å²) < 4.78 is 1.88. The van der Waals surface area contributed by atoms with E-state index in [0.717, 1.165) is 30.9 Å². The molecule has 0 unspecified atom stereocenters. The van der Waals surface area contributed by atoms with Crippen molar-refractivity contribution in [2.75, 3.05) is 6.61 Å². The van der Waals surface area contributed by atoms with E-state index in [-0.39, 0.29) is 6.61 Å². The molecule has 1 aromatic carbocycles. The third-order valence-electron chi connectivity index (χ3n) is 3.96. The second-order valence-corrected chi connectivity index (χ2v) is 5.32. The van der Waals surface area contributed by atoms with Crippen LogP contribution in [-0.2, 0) is 26.1 Å². The highest BCUT2D eigenvalue weighted by Crippen LogP contribution is 2.14. The van der Waals surface area contributed by atoms with Gasteiger partial charge in [-0.1, -0.05) is 31.2 Å². The zero-order valence-electron chi connectivity index (χ0n) is 13.2. The standard InChI is InChI=1S/C17H25N3O/c1-4-15-7-5-6-8-16(15)11-18-12-17-13(2)19-20(9-10-21)14(17)3/h5-8,18,21H,4,9-12H2,1-3H3. The molecule has 0 aliphatic carbocycles. The summed E-state index contributed by atoms with van der Waals surface area (Å²) in [5.74, 6) is 0. The first kappa shape index (κ1) is 15.7. The molecule has 0 aliphatic heterocycles. The number of aliphatic hydroxyl groups excluding tert-OH is 1. The number of aromatic nitrogens is 2. The van der Waals surface area contributed by atoms with Crippen LogP contribution in [0.3, 0.4) is 0 Å². The van der Waals surface area contributed by atoms with Crippen LogP contribution in [0.5, 0.6) is 0 Å². The van der Waals surface area contributed by atoms with Crippen molar-refractivity contribution in [3.63, 3.8) is 0 Å². The molecule has 4 heteroatoms. The van der Waals surface area contributed by atoms with Crippen LogP contribution in [0.2, 0.25) is 0 Å². The predicted octanol–water partition coefficient (Wildman–Crippen LogP) is 2.34. The second kappa shape index (κ2) is 7.38. The van der Waals surface area contributed by atoms with Gasteiger partial charge < -0.3 is 10.4 Å². The highest BCUT2D eigenvalue weighted by Gasteiger charge is 2.10. The summed E-state index contributed by atoms with van der Waals surface area (Å²) in [6.07, 6.45) is 1.06. The Hall–Kier alpha value is -1.65. The maximum atomic E-state index is 9.05. The highest BCUT2D eigenvalue weighted by molar-refractivity contribution is 5.28. The molecule has 0 bridgehead atoms. The van der Waals surface area contributed by atoms with Gasteiger partial charge in [0.1, 0.15) is 0 Å². The molecule has 1 aromatic heterocycles. The van der Waals surface area contributed by atoms with Gasteiger partial charge in [0.05, 0.1) is 18.8 Å². The van der Waals surface area contributed by atoms with Crippen molar-refractivity contribution in [2.24, 2.45) is 0 Å². The molecule has 0 fully saturated rings. The molecule has 0 spiro atoms. The van der Waals surface area contributed by atoms with Crippen molar-refractivity contribution < 1.29 is 5.11 Å². The molecule has 0 saturated carbocycles. The van der Waals surface area contributed by atoms with Crippen LogP contribution >= 0.6 is 0 Å². The van der Waals surface area contributed by atoms with E-state index in [0.29, 0.717) is 6.54 Å². The number of nitrogens with one attached hydrogen (secondary N) is 1. The number of aryl methyl sites for hydroxylation is 2. The molecule has 4 nitrogen and oxygen atoms in total. The van der Waals surface area contributed by atoms with E-state index in [1.807, 2.05) is 11.6 Å². The largest absolute Gasteiger partial charge is 0.394 e. The van der Waals surface area contributed by atoms with Crippen molar-refractivity contribution in [3.05, 3.63) is 52.3 Å². The van der Waals surface area contributed by atoms with Crippen LogP contribution in [-0.4, -0.2) is 21.5 Å². The van der Waals surface area contributed by atoms with Gasteiger partial charge in [0.2, 0.25) is 0 Å². The summed E-state index contributed by atoms with van der Waals surface area (Å²) in [5, 5.41) is 17.0. The third-order valence-corrected chi connectivity index (χ3v) is 3.96. The van der Waals surface area contributed by atoms with Gasteiger partial charge in [-0.15, -0.1) is 0 Å². The predicted molar refractivity (Wildman–Crippen MR) is 85.2 cm³/mol. The smallest absolute Gasteiger partial charge is 0.0644 e. The number of benzene rings is 1. The summed E-state index contributed by atoms with van der Waals surface area (Å²) >= 11 is 0. The Kier molecular flexibility index (Phi) is 5.53. The highest BCUT2D eigenvalue weighted by atomic mass is 16.3. The van der Waals surface area contributed by atoms with E-state index in [1.54, 1.807) is 0 Å². The van der Waals surface area contributed by atoms with Crippen molar-refractivity contribution in [1.82, 2.24) is 15.1 Å². The quantitative estimate of drug-likeness (QED) is 0.822. The molecule has 2 N–H and O–H groups in total. The minimum absolute atomic E-state index is 0.124. The fourth-order valence-electron chi connectivity index (χ4n) is 2.70. The minimum atomic E-state index is 0.124. The fourth-order valence-corrected chi connectivity index (χ4v) is 2.70. The lowest BCUT2D eigenvalue weighted by Gasteiger charge is -2.09. The van der Waals surface area contributed by atoms with Crippen LogP contribution in [0.1, 0.15) is 35.0 Å². The number of rotatable bonds is 7. The zero-order valence-corrected chi connectivity index (χ0v) is 13.2. The lowest BCUT2D eigenvalue weighted by Crippen LogP contribution is -2.15. The second-order valence-electron chi connectivity index (χ2n) is 5.32. The summed E-state index contributed by atoms with van der Waals surface area (Å²) in [5.41, 5.74) is 6.17. The van der Waals surface area contributed by atoms with Gasteiger partial charge in [0.25, 0.3) is 0 Å². The number of aliphatic hydroxyl groups is 1. The molecular formula is C17H25N3O. The molecule has 0 aliphatic rings. The Morgan fingerprint density at radius 2 is 1.86 bits per heavy atom. The van der Waals surface area contributed by atoms with Crippen molar-refractivity contribution in [3.8, 4) is 0 Å². The number of hydrogen-bond donors (Lipinski definition) is 2. The van der Waals surface area contributed by atoms with Crippen LogP contribution in [0.15, 0.2) is 24.3 Å². The van der Waals surface area contributed by atoms with Crippen LogP contribution in [0.25, 0.3) is 0 Å². The van der Waals surface area contributed by atoms with Crippen LogP contribution in [0.4, 0.5) is 0 Å². The Labute approximate surface area is 126 Å². The first-order chi connectivity index (χ1) is 10.2. The average molecular weight is 287 g/mol. The maximum absolute atomic E-state index is 9.05. The maximum Gasteiger partial charge on any atom is 0.0644 e. The Morgan fingerprint density at radius 3 is 2.52 bits per heavy atom. The van der Waals surface area contributed by atoms with Gasteiger partial charge in [0, 0.05) is 24.3 Å². The lowest BCUT2D eigenvalue weighted by molar-refractivity contribution is 0.267. The number of nitrogens with zero attached hydrogens (tertiary/aromatic N) is 2. The SMILES string of the molecule is CCc1ccccc1CNCc1c(C)nn(CCO)c1C. The lowest BCUT2D eigenvalue weighted by atomic mass is 10.1. The molecule has 0 atom stereocenters. The minimum Gasteiger partial charge on any atom is -0.394 e. The summed E-state index contributed by atoms with van der Waals surface area (Å²) in [7, 11) is 0. The van der Waals surface area contributed by atoms with Crippen LogP contribution in [0, 0.1) is 13.8 Å². The molecule has 0 radical (unpaired) electrons. The van der Waals surface area contributed by atoms with E-state index < -0.39 is 0 Å². The average Bonchev–Trinajstić information content (AvgIpc) is 2.75. The fraction of sp³-hybridized carbons (Fsp3) is 0.471. The van der Waals surface area contributed by atoms with Gasteiger partial charge >= 0.3 is 0 Å². The Morgan fingerprint density at radius 1 is 1.14 bits per heavy atom. The van der Waals surface area contributed by atoms with E-state index in [2.05, 4.69) is 48.5 Å². The van der Waals surface area contributed by atoms with Gasteiger partial charge in [-0.05, 0) is 31.4 Å². The molecule has 2 rings (SSSR count). The van der Waals surface area contributed by atoms with Crippen molar-refractivity contribution >= 4 is 0 Å². The molecule has 1 heterocycles. The molecular weight excluding hydrogens is 262 g/mol. The van der Waals surface area contributed by atoms with Crippen molar-refractivity contribution in [2.45, 2.75) is 46.8 Å². The summed E-state index contributed by atoms with van der Waals surface area (Å²) in [6, 6.07) is 8.55. The Bertz CT molecular complexity index is 590. The van der Waals surface area contributed by atoms with Gasteiger partial charge in [-0.2, -0.15) is 5.10 Å². The van der Waals surface area contributed by atoms with Gasteiger partial charge in [-0.3, -0.25) is 4.68 Å². The first-order valence-electron chi connectivity index (χ1n) is 7.58. The Balaban J connectivity index is 2.00.